The van der Waals surface area contributed by atoms with E-state index in [1.165, 1.54) is 5.56 Å². The molecule has 4 aromatic rings. The first kappa shape index (κ1) is 23.8. The van der Waals surface area contributed by atoms with E-state index in [-0.39, 0.29) is 6.42 Å². The largest absolute Gasteiger partial charge is 0.481 e. The maximum absolute atomic E-state index is 10.9. The number of aryl methyl sites for hydroxylation is 2. The van der Waals surface area contributed by atoms with Crippen LogP contribution in [0.3, 0.4) is 0 Å². The van der Waals surface area contributed by atoms with Gasteiger partial charge in [0.2, 0.25) is 0 Å². The second-order valence-electron chi connectivity index (χ2n) is 8.90. The van der Waals surface area contributed by atoms with E-state index in [0.29, 0.717) is 5.92 Å². The molecule has 5 heteroatoms. The molecule has 1 unspecified atom stereocenters. The van der Waals surface area contributed by atoms with Crippen molar-refractivity contribution in [1.29, 1.82) is 0 Å². The van der Waals surface area contributed by atoms with Crippen LogP contribution in [0.2, 0.25) is 5.02 Å². The van der Waals surface area contributed by atoms with Crippen LogP contribution in [-0.4, -0.2) is 16.2 Å². The van der Waals surface area contributed by atoms with E-state index >= 15 is 0 Å². The Morgan fingerprint density at radius 3 is 2.26 bits per heavy atom. The van der Waals surface area contributed by atoms with Crippen LogP contribution in [0.15, 0.2) is 77.3 Å². The summed E-state index contributed by atoms with van der Waals surface area (Å²) in [5, 5.41) is 14.0. The summed E-state index contributed by atoms with van der Waals surface area (Å²) in [5.41, 5.74) is 7.26. The lowest BCUT2D eigenvalue weighted by Gasteiger charge is -2.12. The summed E-state index contributed by atoms with van der Waals surface area (Å²) in [6.07, 6.45) is 2.98. The molecule has 1 heterocycles. The second kappa shape index (κ2) is 10.7. The fourth-order valence-corrected chi connectivity index (χ4v) is 4.43. The average molecular weight is 474 g/mol. The number of nitrogens with zero attached hydrogens (tertiary/aromatic N) is 1. The van der Waals surface area contributed by atoms with Crippen molar-refractivity contribution in [1.82, 2.24) is 5.16 Å². The van der Waals surface area contributed by atoms with Gasteiger partial charge >= 0.3 is 5.97 Å². The van der Waals surface area contributed by atoms with Crippen molar-refractivity contribution in [2.45, 2.75) is 39.5 Å². The van der Waals surface area contributed by atoms with Gasteiger partial charge in [0.1, 0.15) is 0 Å². The van der Waals surface area contributed by atoms with E-state index in [1.54, 1.807) is 0 Å². The van der Waals surface area contributed by atoms with Gasteiger partial charge in [0.25, 0.3) is 0 Å². The lowest BCUT2D eigenvalue weighted by atomic mass is 9.92. The fraction of sp³-hybridized carbons (Fsp3) is 0.241. The zero-order valence-corrected chi connectivity index (χ0v) is 20.2. The molecule has 0 aliphatic heterocycles. The number of carboxylic acid groups (broad SMARTS) is 1. The third-order valence-electron chi connectivity index (χ3n) is 6.14. The standard InChI is InChI=1S/C29H28ClNO3/c1-19(6-7-21-4-3-5-26(30)17-21)16-27-20(2)31-34-29(27)25-14-12-24(13-15-25)23-10-8-22(9-11-23)18-28(32)33/h3-5,8-15,17,19H,6-7,16,18H2,1-2H3,(H,32,33). The van der Waals surface area contributed by atoms with E-state index in [9.17, 15) is 4.79 Å². The molecule has 0 aliphatic rings. The highest BCUT2D eigenvalue weighted by atomic mass is 35.5. The fourth-order valence-electron chi connectivity index (χ4n) is 4.22. The molecular weight excluding hydrogens is 446 g/mol. The number of hydrogen-bond acceptors (Lipinski definition) is 3. The van der Waals surface area contributed by atoms with Crippen LogP contribution in [0.25, 0.3) is 22.5 Å². The van der Waals surface area contributed by atoms with Crippen LogP contribution in [-0.2, 0) is 24.1 Å². The molecule has 34 heavy (non-hydrogen) atoms. The predicted molar refractivity (Wildman–Crippen MR) is 136 cm³/mol. The molecule has 0 saturated heterocycles. The summed E-state index contributed by atoms with van der Waals surface area (Å²) in [7, 11) is 0. The molecular formula is C29H28ClNO3. The van der Waals surface area contributed by atoms with Crippen LogP contribution in [0.5, 0.6) is 0 Å². The second-order valence-corrected chi connectivity index (χ2v) is 9.33. The molecule has 0 spiro atoms. The Morgan fingerprint density at radius 2 is 1.62 bits per heavy atom. The monoisotopic (exact) mass is 473 g/mol. The van der Waals surface area contributed by atoms with Gasteiger partial charge in [-0.15, -0.1) is 0 Å². The van der Waals surface area contributed by atoms with E-state index in [1.807, 2.05) is 49.4 Å². The van der Waals surface area contributed by atoms with E-state index in [0.717, 1.165) is 63.6 Å². The lowest BCUT2D eigenvalue weighted by Crippen LogP contribution is -2.03. The third-order valence-corrected chi connectivity index (χ3v) is 6.38. The van der Waals surface area contributed by atoms with E-state index in [2.05, 4.69) is 42.4 Å². The number of rotatable bonds is 9. The SMILES string of the molecule is Cc1noc(-c2ccc(-c3ccc(CC(=O)O)cc3)cc2)c1CC(C)CCc1cccc(Cl)c1. The first-order valence-corrected chi connectivity index (χ1v) is 11.9. The van der Waals surface area contributed by atoms with Gasteiger partial charge in [-0.05, 0) is 66.5 Å². The zero-order valence-electron chi connectivity index (χ0n) is 19.4. The highest BCUT2D eigenvalue weighted by molar-refractivity contribution is 6.30. The van der Waals surface area contributed by atoms with Gasteiger partial charge in [0.15, 0.2) is 5.76 Å². The predicted octanol–water partition coefficient (Wildman–Crippen LogP) is 7.41. The molecule has 0 radical (unpaired) electrons. The summed E-state index contributed by atoms with van der Waals surface area (Å²) >= 11 is 6.12. The minimum atomic E-state index is -0.825. The molecule has 1 aromatic heterocycles. The average Bonchev–Trinajstić information content (AvgIpc) is 3.18. The number of aliphatic carboxylic acids is 1. The van der Waals surface area contributed by atoms with Crippen LogP contribution < -0.4 is 0 Å². The first-order valence-electron chi connectivity index (χ1n) is 11.5. The number of benzene rings is 3. The summed E-state index contributed by atoms with van der Waals surface area (Å²) < 4.78 is 5.74. The molecule has 1 N–H and O–H groups in total. The van der Waals surface area contributed by atoms with Crippen LogP contribution >= 0.6 is 11.6 Å². The highest BCUT2D eigenvalue weighted by Gasteiger charge is 2.18. The molecule has 4 rings (SSSR count). The zero-order chi connectivity index (χ0) is 24.1. The Labute approximate surface area is 205 Å². The number of hydrogen-bond donors (Lipinski definition) is 1. The molecule has 0 fully saturated rings. The number of halogens is 1. The van der Waals surface area contributed by atoms with Crippen molar-refractivity contribution in [3.05, 3.63) is 100 Å². The Bertz CT molecular complexity index is 1260. The Balaban J connectivity index is 1.45. The van der Waals surface area contributed by atoms with Crippen molar-refractivity contribution in [3.8, 4) is 22.5 Å². The van der Waals surface area contributed by atoms with Gasteiger partial charge in [0.05, 0.1) is 12.1 Å². The molecule has 4 nitrogen and oxygen atoms in total. The number of carboxylic acids is 1. The molecule has 0 bridgehead atoms. The van der Waals surface area contributed by atoms with Crippen LogP contribution in [0.4, 0.5) is 0 Å². The van der Waals surface area contributed by atoms with Crippen molar-refractivity contribution in [3.63, 3.8) is 0 Å². The Hall–Kier alpha value is -3.37. The third kappa shape index (κ3) is 5.95. The topological polar surface area (TPSA) is 63.3 Å². The van der Waals surface area contributed by atoms with Crippen molar-refractivity contribution in [2.24, 2.45) is 5.92 Å². The quantitative estimate of drug-likeness (QED) is 0.275. The molecule has 0 aliphatic carbocycles. The highest BCUT2D eigenvalue weighted by Crippen LogP contribution is 2.31. The van der Waals surface area contributed by atoms with E-state index < -0.39 is 5.97 Å². The van der Waals surface area contributed by atoms with Gasteiger partial charge in [-0.25, -0.2) is 0 Å². The summed E-state index contributed by atoms with van der Waals surface area (Å²) in [4.78, 5) is 10.9. The van der Waals surface area contributed by atoms with Gasteiger partial charge in [0, 0.05) is 16.1 Å². The molecule has 0 amide bonds. The smallest absolute Gasteiger partial charge is 0.307 e. The van der Waals surface area contributed by atoms with Crippen LogP contribution in [0, 0.1) is 12.8 Å². The number of aromatic nitrogens is 1. The van der Waals surface area contributed by atoms with Gasteiger partial charge in [-0.3, -0.25) is 4.79 Å². The van der Waals surface area contributed by atoms with Gasteiger partial charge in [-0.2, -0.15) is 0 Å². The molecule has 3 aromatic carbocycles. The minimum absolute atomic E-state index is 0.0321. The lowest BCUT2D eigenvalue weighted by molar-refractivity contribution is -0.136. The molecule has 0 saturated carbocycles. The van der Waals surface area contributed by atoms with Gasteiger partial charge < -0.3 is 9.63 Å². The number of carbonyl (C=O) groups is 1. The van der Waals surface area contributed by atoms with Crippen molar-refractivity contribution in [2.75, 3.05) is 0 Å². The summed E-state index contributed by atoms with van der Waals surface area (Å²) in [6, 6.07) is 23.9. The minimum Gasteiger partial charge on any atom is -0.481 e. The first-order chi connectivity index (χ1) is 16.4. The van der Waals surface area contributed by atoms with Crippen molar-refractivity contribution >= 4 is 17.6 Å². The van der Waals surface area contributed by atoms with Gasteiger partial charge in [-0.1, -0.05) is 84.3 Å². The Morgan fingerprint density at radius 1 is 0.971 bits per heavy atom. The maximum atomic E-state index is 10.9. The Kier molecular flexibility index (Phi) is 7.49. The van der Waals surface area contributed by atoms with Crippen LogP contribution in [0.1, 0.15) is 35.7 Å². The summed E-state index contributed by atoms with van der Waals surface area (Å²) in [6.45, 7) is 4.26. The normalized spacial score (nSPS) is 12.0. The summed E-state index contributed by atoms with van der Waals surface area (Å²) in [5.74, 6) is 0.476. The van der Waals surface area contributed by atoms with E-state index in [4.69, 9.17) is 21.2 Å². The van der Waals surface area contributed by atoms with Crippen molar-refractivity contribution < 1.29 is 14.4 Å². The molecule has 1 atom stereocenters. The molecule has 174 valence electrons. The maximum Gasteiger partial charge on any atom is 0.307 e.